The molecule has 0 spiro atoms. The summed E-state index contributed by atoms with van der Waals surface area (Å²) in [5.41, 5.74) is 0.0290. The molecule has 1 aromatic rings. The number of nitrogens with one attached hydrogen (secondary N) is 1. The second kappa shape index (κ2) is 6.65. The summed E-state index contributed by atoms with van der Waals surface area (Å²) in [5, 5.41) is 17.6. The molecule has 0 fully saturated rings. The van der Waals surface area contributed by atoms with Gasteiger partial charge in [0.05, 0.1) is 10.5 Å². The van der Waals surface area contributed by atoms with E-state index in [1.807, 2.05) is 6.92 Å². The molecule has 106 valence electrons. The van der Waals surface area contributed by atoms with Crippen LogP contribution < -0.4 is 4.72 Å². The second-order valence-corrected chi connectivity index (χ2v) is 5.78. The zero-order valence-electron chi connectivity index (χ0n) is 10.5. The summed E-state index contributed by atoms with van der Waals surface area (Å²) >= 11 is 0. The fourth-order valence-electron chi connectivity index (χ4n) is 1.57. The summed E-state index contributed by atoms with van der Waals surface area (Å²) in [6.07, 6.45) is 0.899. The molecule has 1 unspecified atom stereocenters. The Morgan fingerprint density at radius 2 is 1.89 bits per heavy atom. The first-order chi connectivity index (χ1) is 8.90. The van der Waals surface area contributed by atoms with E-state index in [9.17, 15) is 13.2 Å². The molecule has 0 radical (unpaired) electrons. The van der Waals surface area contributed by atoms with Gasteiger partial charge < -0.3 is 10.2 Å². The normalized spacial score (nSPS) is 13.2. The van der Waals surface area contributed by atoms with E-state index in [1.54, 1.807) is 0 Å². The Hall–Kier alpha value is -1.44. The molecule has 6 nitrogen and oxygen atoms in total. The van der Waals surface area contributed by atoms with Crippen molar-refractivity contribution in [3.05, 3.63) is 29.8 Å². The molecule has 0 bridgehead atoms. The van der Waals surface area contributed by atoms with Crippen molar-refractivity contribution in [3.8, 4) is 0 Å². The van der Waals surface area contributed by atoms with Gasteiger partial charge in [0.25, 0.3) is 0 Å². The van der Waals surface area contributed by atoms with Gasteiger partial charge in [0.2, 0.25) is 10.0 Å². The van der Waals surface area contributed by atoms with Gasteiger partial charge >= 0.3 is 5.97 Å². The summed E-state index contributed by atoms with van der Waals surface area (Å²) in [6.45, 7) is 1.72. The lowest BCUT2D eigenvalue weighted by Crippen LogP contribution is -2.35. The minimum absolute atomic E-state index is 0.00823. The van der Waals surface area contributed by atoms with Crippen LogP contribution in [0.2, 0.25) is 0 Å². The molecule has 0 saturated carbocycles. The maximum absolute atomic E-state index is 12.0. The Kier molecular flexibility index (Phi) is 5.46. The SMILES string of the molecule is CCC(CCO)NS(=O)(=O)c1ccc(C(=O)O)cc1. The van der Waals surface area contributed by atoms with Gasteiger partial charge in [0, 0.05) is 12.6 Å². The number of aromatic carboxylic acids is 1. The predicted octanol–water partition coefficient (Wildman–Crippen LogP) is 0.824. The quantitative estimate of drug-likeness (QED) is 0.689. The third-order valence-corrected chi connectivity index (χ3v) is 4.24. The summed E-state index contributed by atoms with van der Waals surface area (Å²) in [6, 6.07) is 4.64. The molecule has 1 atom stereocenters. The predicted molar refractivity (Wildman–Crippen MR) is 69.5 cm³/mol. The monoisotopic (exact) mass is 287 g/mol. The molecule has 0 heterocycles. The van der Waals surface area contributed by atoms with Crippen molar-refractivity contribution >= 4 is 16.0 Å². The molecule has 19 heavy (non-hydrogen) atoms. The Bertz CT molecular complexity index is 524. The number of sulfonamides is 1. The number of benzene rings is 1. The van der Waals surface area contributed by atoms with E-state index in [0.717, 1.165) is 0 Å². The van der Waals surface area contributed by atoms with E-state index in [4.69, 9.17) is 10.2 Å². The van der Waals surface area contributed by atoms with Crippen LogP contribution in [0.25, 0.3) is 0 Å². The van der Waals surface area contributed by atoms with Crippen LogP contribution in [0, 0.1) is 0 Å². The Morgan fingerprint density at radius 3 is 2.32 bits per heavy atom. The topological polar surface area (TPSA) is 104 Å². The summed E-state index contributed by atoms with van der Waals surface area (Å²) in [7, 11) is -3.69. The number of aliphatic hydroxyl groups is 1. The van der Waals surface area contributed by atoms with Crippen molar-refractivity contribution in [2.24, 2.45) is 0 Å². The van der Waals surface area contributed by atoms with E-state index in [-0.39, 0.29) is 23.1 Å². The molecule has 7 heteroatoms. The number of aliphatic hydroxyl groups excluding tert-OH is 1. The first-order valence-electron chi connectivity index (χ1n) is 5.87. The molecule has 0 amide bonds. The second-order valence-electron chi connectivity index (χ2n) is 4.07. The van der Waals surface area contributed by atoms with E-state index in [2.05, 4.69) is 4.72 Å². The van der Waals surface area contributed by atoms with Crippen LogP contribution in [0.3, 0.4) is 0 Å². The van der Waals surface area contributed by atoms with Crippen LogP contribution in [0.4, 0.5) is 0 Å². The number of hydrogen-bond acceptors (Lipinski definition) is 4. The Morgan fingerprint density at radius 1 is 1.32 bits per heavy atom. The minimum atomic E-state index is -3.69. The molecule has 0 aromatic heterocycles. The van der Waals surface area contributed by atoms with Crippen LogP contribution in [0.5, 0.6) is 0 Å². The van der Waals surface area contributed by atoms with Gasteiger partial charge in [-0.3, -0.25) is 0 Å². The zero-order chi connectivity index (χ0) is 14.5. The number of rotatable bonds is 7. The van der Waals surface area contributed by atoms with Crippen LogP contribution in [0.1, 0.15) is 30.1 Å². The van der Waals surface area contributed by atoms with Gasteiger partial charge in [-0.2, -0.15) is 0 Å². The molecular formula is C12H17NO5S. The van der Waals surface area contributed by atoms with Gasteiger partial charge in [-0.05, 0) is 37.1 Å². The summed E-state index contributed by atoms with van der Waals surface area (Å²) in [4.78, 5) is 10.7. The minimum Gasteiger partial charge on any atom is -0.478 e. The van der Waals surface area contributed by atoms with Gasteiger partial charge in [-0.25, -0.2) is 17.9 Å². The summed E-state index contributed by atoms with van der Waals surface area (Å²) in [5.74, 6) is -1.11. The maximum Gasteiger partial charge on any atom is 0.335 e. The fourth-order valence-corrected chi connectivity index (χ4v) is 2.92. The van der Waals surface area contributed by atoms with E-state index in [0.29, 0.717) is 12.8 Å². The highest BCUT2D eigenvalue weighted by Gasteiger charge is 2.19. The van der Waals surface area contributed by atoms with Gasteiger partial charge in [0.1, 0.15) is 0 Å². The molecule has 1 aromatic carbocycles. The molecule has 0 aliphatic rings. The highest BCUT2D eigenvalue weighted by Crippen LogP contribution is 2.12. The molecule has 0 saturated heterocycles. The number of carboxylic acid groups (broad SMARTS) is 1. The largest absolute Gasteiger partial charge is 0.478 e. The number of hydrogen-bond donors (Lipinski definition) is 3. The molecular weight excluding hydrogens is 270 g/mol. The average molecular weight is 287 g/mol. The Balaban J connectivity index is 2.90. The Labute approximate surface area is 112 Å². The standard InChI is InChI=1S/C12H17NO5S/c1-2-10(7-8-14)13-19(17,18)11-5-3-9(4-6-11)12(15)16/h3-6,10,13-14H,2,7-8H2,1H3,(H,15,16). The third kappa shape index (κ3) is 4.30. The maximum atomic E-state index is 12.0. The van der Waals surface area contributed by atoms with Crippen LogP contribution in [-0.4, -0.2) is 37.2 Å². The van der Waals surface area contributed by atoms with Crippen molar-refractivity contribution in [3.63, 3.8) is 0 Å². The fraction of sp³-hybridized carbons (Fsp3) is 0.417. The lowest BCUT2D eigenvalue weighted by Gasteiger charge is -2.15. The van der Waals surface area contributed by atoms with Gasteiger partial charge in [0.15, 0.2) is 0 Å². The van der Waals surface area contributed by atoms with E-state index >= 15 is 0 Å². The average Bonchev–Trinajstić information content (AvgIpc) is 2.38. The van der Waals surface area contributed by atoms with Crippen LogP contribution in [-0.2, 0) is 10.0 Å². The first-order valence-corrected chi connectivity index (χ1v) is 7.35. The third-order valence-electron chi connectivity index (χ3n) is 2.70. The van der Waals surface area contributed by atoms with Gasteiger partial charge in [-0.15, -0.1) is 0 Å². The van der Waals surface area contributed by atoms with E-state index in [1.165, 1.54) is 24.3 Å². The van der Waals surface area contributed by atoms with Crippen LogP contribution in [0.15, 0.2) is 29.2 Å². The molecule has 0 aliphatic heterocycles. The van der Waals surface area contributed by atoms with E-state index < -0.39 is 16.0 Å². The number of carboxylic acids is 1. The first kappa shape index (κ1) is 15.6. The van der Waals surface area contributed by atoms with Crippen molar-refractivity contribution in [2.45, 2.75) is 30.7 Å². The van der Waals surface area contributed by atoms with Gasteiger partial charge in [-0.1, -0.05) is 6.92 Å². The molecule has 0 aliphatic carbocycles. The highest BCUT2D eigenvalue weighted by molar-refractivity contribution is 7.89. The van der Waals surface area contributed by atoms with Crippen molar-refractivity contribution in [1.82, 2.24) is 4.72 Å². The van der Waals surface area contributed by atoms with Crippen molar-refractivity contribution in [2.75, 3.05) is 6.61 Å². The van der Waals surface area contributed by atoms with Crippen molar-refractivity contribution in [1.29, 1.82) is 0 Å². The lowest BCUT2D eigenvalue weighted by molar-refractivity contribution is 0.0696. The lowest BCUT2D eigenvalue weighted by atomic mass is 10.2. The molecule has 3 N–H and O–H groups in total. The zero-order valence-corrected chi connectivity index (χ0v) is 11.4. The molecule has 1 rings (SSSR count). The highest BCUT2D eigenvalue weighted by atomic mass is 32.2. The summed E-state index contributed by atoms with van der Waals surface area (Å²) < 4.78 is 26.5. The smallest absolute Gasteiger partial charge is 0.335 e. The number of carbonyl (C=O) groups is 1. The van der Waals surface area contributed by atoms with Crippen LogP contribution >= 0.6 is 0 Å². The van der Waals surface area contributed by atoms with Crippen molar-refractivity contribution < 1.29 is 23.4 Å².